The Hall–Kier alpha value is -1.58. The third kappa shape index (κ3) is 2.73. The van der Waals surface area contributed by atoms with Crippen molar-refractivity contribution in [3.63, 3.8) is 0 Å². The highest BCUT2D eigenvalue weighted by Gasteiger charge is 2.06. The van der Waals surface area contributed by atoms with Gasteiger partial charge in [0.15, 0.2) is 5.76 Å². The monoisotopic (exact) mass is 194 g/mol. The molecular weight excluding hydrogens is 180 g/mol. The number of hydrazone groups is 1. The van der Waals surface area contributed by atoms with Gasteiger partial charge in [0.1, 0.15) is 0 Å². The van der Waals surface area contributed by atoms with Crippen LogP contribution >= 0.6 is 0 Å². The molecule has 0 aromatic carbocycles. The Morgan fingerprint density at radius 3 is 2.71 bits per heavy atom. The van der Waals surface area contributed by atoms with Gasteiger partial charge in [-0.25, -0.2) is 5.43 Å². The van der Waals surface area contributed by atoms with Crippen LogP contribution in [0.15, 0.2) is 27.9 Å². The van der Waals surface area contributed by atoms with Gasteiger partial charge in [-0.1, -0.05) is 13.8 Å². The molecule has 1 rings (SSSR count). The van der Waals surface area contributed by atoms with Gasteiger partial charge in [0, 0.05) is 5.71 Å². The third-order valence-corrected chi connectivity index (χ3v) is 1.88. The molecule has 4 nitrogen and oxygen atoms in total. The highest BCUT2D eigenvalue weighted by molar-refractivity contribution is 5.93. The molecule has 0 saturated heterocycles. The molecule has 0 aliphatic rings. The number of nitrogens with one attached hydrogen (secondary N) is 1. The molecule has 4 heteroatoms. The summed E-state index contributed by atoms with van der Waals surface area (Å²) in [5.74, 6) is -0.0327. The number of hydrogen-bond acceptors (Lipinski definition) is 3. The topological polar surface area (TPSA) is 54.6 Å². The Morgan fingerprint density at radius 2 is 2.21 bits per heavy atom. The van der Waals surface area contributed by atoms with E-state index in [-0.39, 0.29) is 11.7 Å². The summed E-state index contributed by atoms with van der Waals surface area (Å²) >= 11 is 0. The lowest BCUT2D eigenvalue weighted by Crippen LogP contribution is -2.18. The van der Waals surface area contributed by atoms with E-state index in [9.17, 15) is 4.79 Å². The summed E-state index contributed by atoms with van der Waals surface area (Å²) in [4.78, 5) is 11.3. The van der Waals surface area contributed by atoms with Crippen LogP contribution in [0.3, 0.4) is 0 Å². The Morgan fingerprint density at radius 1 is 1.50 bits per heavy atom. The molecule has 0 aliphatic carbocycles. The van der Waals surface area contributed by atoms with E-state index in [4.69, 9.17) is 4.42 Å². The smallest absolute Gasteiger partial charge is 0.307 e. The Labute approximate surface area is 83.0 Å². The summed E-state index contributed by atoms with van der Waals surface area (Å²) in [6.07, 6.45) is 3.14. The first-order valence-corrected chi connectivity index (χ1v) is 4.67. The largest absolute Gasteiger partial charge is 0.459 e. The molecule has 0 fully saturated rings. The first-order chi connectivity index (χ1) is 6.77. The van der Waals surface area contributed by atoms with Gasteiger partial charge in [0.2, 0.25) is 0 Å². The lowest BCUT2D eigenvalue weighted by molar-refractivity contribution is 0.0927. The van der Waals surface area contributed by atoms with Crippen molar-refractivity contribution >= 4 is 11.6 Å². The molecule has 1 aromatic heterocycles. The average Bonchev–Trinajstić information content (AvgIpc) is 2.72. The number of carbonyl (C=O) groups is 1. The van der Waals surface area contributed by atoms with Crippen LogP contribution in [-0.2, 0) is 0 Å². The number of furan rings is 1. The van der Waals surface area contributed by atoms with Crippen molar-refractivity contribution in [2.75, 3.05) is 0 Å². The maximum atomic E-state index is 11.3. The molecule has 1 aromatic rings. The van der Waals surface area contributed by atoms with Crippen molar-refractivity contribution in [3.05, 3.63) is 24.2 Å². The predicted octanol–water partition coefficient (Wildman–Crippen LogP) is 2.19. The second-order valence-corrected chi connectivity index (χ2v) is 2.80. The lowest BCUT2D eigenvalue weighted by atomic mass is 10.2. The highest BCUT2D eigenvalue weighted by Crippen LogP contribution is 1.99. The van der Waals surface area contributed by atoms with Gasteiger partial charge in [0.25, 0.3) is 0 Å². The lowest BCUT2D eigenvalue weighted by Gasteiger charge is -1.99. The fourth-order valence-corrected chi connectivity index (χ4v) is 1.00. The summed E-state index contributed by atoms with van der Waals surface area (Å²) in [5, 5.41) is 3.97. The molecule has 1 heterocycles. The molecule has 14 heavy (non-hydrogen) atoms. The summed E-state index contributed by atoms with van der Waals surface area (Å²) in [6, 6.07) is 3.27. The molecule has 0 aliphatic heterocycles. The van der Waals surface area contributed by atoms with E-state index in [1.807, 2.05) is 13.8 Å². The zero-order valence-electron chi connectivity index (χ0n) is 8.41. The summed E-state index contributed by atoms with van der Waals surface area (Å²) < 4.78 is 4.91. The van der Waals surface area contributed by atoms with Crippen LogP contribution in [0.25, 0.3) is 0 Å². The molecule has 0 spiro atoms. The highest BCUT2D eigenvalue weighted by atomic mass is 16.3. The van der Waals surface area contributed by atoms with Gasteiger partial charge in [-0.15, -0.1) is 0 Å². The number of carbonyl (C=O) groups excluding carboxylic acids is 1. The first-order valence-electron chi connectivity index (χ1n) is 4.67. The molecule has 0 radical (unpaired) electrons. The molecule has 0 saturated carbocycles. The van der Waals surface area contributed by atoms with Crippen molar-refractivity contribution < 1.29 is 9.21 Å². The van der Waals surface area contributed by atoms with Crippen LogP contribution < -0.4 is 5.43 Å². The minimum atomic E-state index is -0.311. The van der Waals surface area contributed by atoms with Crippen molar-refractivity contribution in [3.8, 4) is 0 Å². The van der Waals surface area contributed by atoms with E-state index in [2.05, 4.69) is 10.5 Å². The van der Waals surface area contributed by atoms with Crippen molar-refractivity contribution in [2.45, 2.75) is 26.7 Å². The van der Waals surface area contributed by atoms with Crippen LogP contribution in [0.5, 0.6) is 0 Å². The van der Waals surface area contributed by atoms with Crippen LogP contribution in [0.4, 0.5) is 0 Å². The Kier molecular flexibility index (Phi) is 3.91. The van der Waals surface area contributed by atoms with Crippen LogP contribution in [0, 0.1) is 0 Å². The van der Waals surface area contributed by atoms with Crippen molar-refractivity contribution in [1.29, 1.82) is 0 Å². The van der Waals surface area contributed by atoms with E-state index in [0.29, 0.717) is 0 Å². The van der Waals surface area contributed by atoms with E-state index >= 15 is 0 Å². The minimum Gasteiger partial charge on any atom is -0.459 e. The Balaban J connectivity index is 2.54. The SMILES string of the molecule is CCC(CC)=NNC(=O)c1ccco1. The van der Waals surface area contributed by atoms with Gasteiger partial charge in [-0.05, 0) is 25.0 Å². The fraction of sp³-hybridized carbons (Fsp3) is 0.400. The minimum absolute atomic E-state index is 0.278. The summed E-state index contributed by atoms with van der Waals surface area (Å²) in [7, 11) is 0. The molecule has 76 valence electrons. The van der Waals surface area contributed by atoms with Crippen LogP contribution in [0.1, 0.15) is 37.2 Å². The average molecular weight is 194 g/mol. The predicted molar refractivity (Wildman–Crippen MR) is 54.2 cm³/mol. The zero-order valence-corrected chi connectivity index (χ0v) is 8.41. The second-order valence-electron chi connectivity index (χ2n) is 2.80. The van der Waals surface area contributed by atoms with E-state index in [0.717, 1.165) is 18.6 Å². The number of nitrogens with zero attached hydrogens (tertiary/aromatic N) is 1. The van der Waals surface area contributed by atoms with Crippen LogP contribution in [0.2, 0.25) is 0 Å². The van der Waals surface area contributed by atoms with Crippen molar-refractivity contribution in [2.24, 2.45) is 5.10 Å². The summed E-state index contributed by atoms with van der Waals surface area (Å²) in [6.45, 7) is 4.00. The molecule has 1 amide bonds. The molecule has 0 atom stereocenters. The molecule has 0 unspecified atom stereocenters. The third-order valence-electron chi connectivity index (χ3n) is 1.88. The van der Waals surface area contributed by atoms with Crippen molar-refractivity contribution in [1.82, 2.24) is 5.43 Å². The zero-order chi connectivity index (χ0) is 10.4. The second kappa shape index (κ2) is 5.21. The maximum absolute atomic E-state index is 11.3. The van der Waals surface area contributed by atoms with Gasteiger partial charge >= 0.3 is 5.91 Å². The molecular formula is C10H14N2O2. The number of rotatable bonds is 4. The van der Waals surface area contributed by atoms with Gasteiger partial charge < -0.3 is 4.42 Å². The normalized spacial score (nSPS) is 9.57. The first kappa shape index (κ1) is 10.5. The quantitative estimate of drug-likeness (QED) is 0.590. The maximum Gasteiger partial charge on any atom is 0.307 e. The Bertz CT molecular complexity index is 309. The fourth-order valence-electron chi connectivity index (χ4n) is 1.00. The van der Waals surface area contributed by atoms with Gasteiger partial charge in [-0.2, -0.15) is 5.10 Å². The van der Waals surface area contributed by atoms with E-state index in [1.165, 1.54) is 6.26 Å². The van der Waals surface area contributed by atoms with E-state index in [1.54, 1.807) is 12.1 Å². The van der Waals surface area contributed by atoms with E-state index < -0.39 is 0 Å². The van der Waals surface area contributed by atoms with Gasteiger partial charge in [-0.3, -0.25) is 4.79 Å². The van der Waals surface area contributed by atoms with Gasteiger partial charge in [0.05, 0.1) is 6.26 Å². The molecule has 0 bridgehead atoms. The van der Waals surface area contributed by atoms with Crippen LogP contribution in [-0.4, -0.2) is 11.6 Å². The number of hydrogen-bond donors (Lipinski definition) is 1. The standard InChI is InChI=1S/C10H14N2O2/c1-3-8(4-2)11-12-10(13)9-6-5-7-14-9/h5-7H,3-4H2,1-2H3,(H,12,13). The summed E-state index contributed by atoms with van der Waals surface area (Å²) in [5.41, 5.74) is 3.41. The number of amides is 1. The molecule has 1 N–H and O–H groups in total.